The first-order chi connectivity index (χ1) is 13.4. The van der Waals surface area contributed by atoms with Gasteiger partial charge in [0.25, 0.3) is 10.0 Å². The van der Waals surface area contributed by atoms with Crippen LogP contribution in [-0.2, 0) is 14.4 Å². The maximum absolute atomic E-state index is 13.5. The molecule has 6 nitrogen and oxygen atoms in total. The largest absolute Gasteiger partial charge is 0.489 e. The molecule has 1 unspecified atom stereocenters. The van der Waals surface area contributed by atoms with E-state index in [0.29, 0.717) is 23.7 Å². The van der Waals surface area contributed by atoms with Gasteiger partial charge in [-0.25, -0.2) is 8.42 Å². The third-order valence-electron chi connectivity index (χ3n) is 5.64. The predicted molar refractivity (Wildman–Crippen MR) is 119 cm³/mol. The van der Waals surface area contributed by atoms with E-state index >= 15 is 0 Å². The van der Waals surface area contributed by atoms with Crippen LogP contribution in [0.5, 0.6) is 5.75 Å². The summed E-state index contributed by atoms with van der Waals surface area (Å²) in [7, 11) is -5.95. The number of nitrogens with two attached hydrogens (primary N) is 1. The SMILES string of the molecule is CC(C)(C)[Si](C)(C)OC1COc2ccccc2N(S(=O)(=O)c2cccc(N)c2)C1. The van der Waals surface area contributed by atoms with Gasteiger partial charge < -0.3 is 14.9 Å². The molecule has 2 aromatic carbocycles. The van der Waals surface area contributed by atoms with Gasteiger partial charge in [-0.15, -0.1) is 0 Å². The summed E-state index contributed by atoms with van der Waals surface area (Å²) >= 11 is 0. The van der Waals surface area contributed by atoms with Crippen molar-refractivity contribution in [2.75, 3.05) is 23.2 Å². The maximum atomic E-state index is 13.5. The second-order valence-electron chi connectivity index (χ2n) is 8.89. The number of fused-ring (bicyclic) bond motifs is 1. The summed E-state index contributed by atoms with van der Waals surface area (Å²) in [6.45, 7) is 11.3. The highest BCUT2D eigenvalue weighted by Crippen LogP contribution is 2.40. The number of nitrogen functional groups attached to an aromatic ring is 1. The maximum Gasteiger partial charge on any atom is 0.264 e. The van der Waals surface area contributed by atoms with Gasteiger partial charge in [0, 0.05) is 5.69 Å². The Balaban J connectivity index is 2.02. The number of anilines is 2. The third kappa shape index (κ3) is 4.44. The van der Waals surface area contributed by atoms with E-state index in [2.05, 4.69) is 33.9 Å². The molecule has 2 aromatic rings. The zero-order valence-electron chi connectivity index (χ0n) is 17.7. The van der Waals surface area contributed by atoms with Crippen LogP contribution in [0.25, 0.3) is 0 Å². The first kappa shape index (κ1) is 21.7. The van der Waals surface area contributed by atoms with E-state index in [1.807, 2.05) is 6.07 Å². The zero-order valence-corrected chi connectivity index (χ0v) is 19.5. The average Bonchev–Trinajstić information content (AvgIpc) is 2.81. The molecule has 29 heavy (non-hydrogen) atoms. The van der Waals surface area contributed by atoms with Crippen molar-refractivity contribution < 1.29 is 17.6 Å². The number of benzene rings is 2. The third-order valence-corrected chi connectivity index (χ3v) is 12.0. The molecule has 1 aliphatic rings. The fourth-order valence-electron chi connectivity index (χ4n) is 3.00. The molecule has 0 saturated carbocycles. The van der Waals surface area contributed by atoms with Crippen molar-refractivity contribution in [3.05, 3.63) is 48.5 Å². The van der Waals surface area contributed by atoms with Gasteiger partial charge in [-0.1, -0.05) is 39.0 Å². The smallest absolute Gasteiger partial charge is 0.264 e. The Labute approximate surface area is 174 Å². The standard InChI is InChI=1S/C21H30N2O4SSi/c1-21(2,3)29(4,5)27-17-14-23(19-11-6-7-12-20(19)26-15-17)28(24,25)18-10-8-9-16(22)13-18/h6-13,17H,14-15,22H2,1-5H3. The molecule has 0 spiro atoms. The number of nitrogens with zero attached hydrogens (tertiary/aromatic N) is 1. The highest BCUT2D eigenvalue weighted by molar-refractivity contribution is 7.92. The fraction of sp³-hybridized carbons (Fsp3) is 0.429. The van der Waals surface area contributed by atoms with Crippen LogP contribution < -0.4 is 14.8 Å². The molecule has 0 fully saturated rings. The Morgan fingerprint density at radius 1 is 1.14 bits per heavy atom. The van der Waals surface area contributed by atoms with Gasteiger partial charge in [0.1, 0.15) is 12.4 Å². The summed E-state index contributed by atoms with van der Waals surface area (Å²) < 4.78 is 41.0. The van der Waals surface area contributed by atoms with Crippen molar-refractivity contribution in [3.8, 4) is 5.75 Å². The summed E-state index contributed by atoms with van der Waals surface area (Å²) in [5.74, 6) is 0.529. The molecule has 3 rings (SSSR count). The lowest BCUT2D eigenvalue weighted by molar-refractivity contribution is 0.127. The minimum Gasteiger partial charge on any atom is -0.489 e. The molecule has 0 aliphatic carbocycles. The summed E-state index contributed by atoms with van der Waals surface area (Å²) in [5.41, 5.74) is 6.75. The highest BCUT2D eigenvalue weighted by Gasteiger charge is 2.41. The molecule has 0 aromatic heterocycles. The van der Waals surface area contributed by atoms with Gasteiger partial charge in [0.15, 0.2) is 8.32 Å². The van der Waals surface area contributed by atoms with E-state index in [-0.39, 0.29) is 22.6 Å². The molecule has 1 aliphatic heterocycles. The number of sulfonamides is 1. The molecule has 0 bridgehead atoms. The monoisotopic (exact) mass is 434 g/mol. The van der Waals surface area contributed by atoms with Crippen LogP contribution in [0.3, 0.4) is 0 Å². The van der Waals surface area contributed by atoms with Crippen molar-refractivity contribution >= 4 is 29.7 Å². The van der Waals surface area contributed by atoms with Gasteiger partial charge in [-0.3, -0.25) is 4.31 Å². The van der Waals surface area contributed by atoms with Crippen LogP contribution >= 0.6 is 0 Å². The van der Waals surface area contributed by atoms with Crippen molar-refractivity contribution in [2.45, 2.75) is 49.9 Å². The second-order valence-corrected chi connectivity index (χ2v) is 15.5. The number of rotatable bonds is 4. The lowest BCUT2D eigenvalue weighted by atomic mass is 10.2. The fourth-order valence-corrected chi connectivity index (χ4v) is 5.89. The normalized spacial score (nSPS) is 18.0. The van der Waals surface area contributed by atoms with Crippen molar-refractivity contribution in [1.82, 2.24) is 0 Å². The van der Waals surface area contributed by atoms with Gasteiger partial charge >= 0.3 is 0 Å². The molecule has 1 atom stereocenters. The quantitative estimate of drug-likeness (QED) is 0.575. The molecule has 158 valence electrons. The van der Waals surface area contributed by atoms with E-state index in [1.165, 1.54) is 10.4 Å². The lowest BCUT2D eigenvalue weighted by Gasteiger charge is -2.39. The average molecular weight is 435 g/mol. The van der Waals surface area contributed by atoms with Crippen LogP contribution in [0.1, 0.15) is 20.8 Å². The van der Waals surface area contributed by atoms with Crippen LogP contribution in [0, 0.1) is 0 Å². The molecule has 2 N–H and O–H groups in total. The Morgan fingerprint density at radius 3 is 2.48 bits per heavy atom. The lowest BCUT2D eigenvalue weighted by Crippen LogP contribution is -2.49. The van der Waals surface area contributed by atoms with Gasteiger partial charge in [0.2, 0.25) is 0 Å². The highest BCUT2D eigenvalue weighted by atomic mass is 32.2. The van der Waals surface area contributed by atoms with Gasteiger partial charge in [0.05, 0.1) is 23.2 Å². The van der Waals surface area contributed by atoms with Crippen LogP contribution in [-0.4, -0.2) is 36.0 Å². The van der Waals surface area contributed by atoms with E-state index in [9.17, 15) is 8.42 Å². The molecule has 0 amide bonds. The minimum absolute atomic E-state index is 0.00371. The van der Waals surface area contributed by atoms with E-state index in [1.54, 1.807) is 36.4 Å². The summed E-state index contributed by atoms with van der Waals surface area (Å²) in [5, 5.41) is 0.00371. The number of hydrogen-bond donors (Lipinski definition) is 1. The van der Waals surface area contributed by atoms with Crippen LogP contribution in [0.15, 0.2) is 53.4 Å². The number of para-hydroxylation sites is 2. The van der Waals surface area contributed by atoms with Crippen molar-refractivity contribution in [2.24, 2.45) is 0 Å². The van der Waals surface area contributed by atoms with Gasteiger partial charge in [-0.05, 0) is 48.5 Å². The van der Waals surface area contributed by atoms with Crippen molar-refractivity contribution in [1.29, 1.82) is 0 Å². The molecular formula is C21H30N2O4SSi. The summed E-state index contributed by atoms with van der Waals surface area (Å²) in [6, 6.07) is 13.5. The molecule has 0 radical (unpaired) electrons. The van der Waals surface area contributed by atoms with Crippen LogP contribution in [0.4, 0.5) is 11.4 Å². The zero-order chi connectivity index (χ0) is 21.4. The molecule has 8 heteroatoms. The predicted octanol–water partition coefficient (Wildman–Crippen LogP) is 4.25. The molecule has 1 heterocycles. The number of hydrogen-bond acceptors (Lipinski definition) is 5. The molecular weight excluding hydrogens is 404 g/mol. The second kappa shape index (κ2) is 7.66. The summed E-state index contributed by atoms with van der Waals surface area (Å²) in [4.78, 5) is 0.153. The van der Waals surface area contributed by atoms with E-state index < -0.39 is 18.3 Å². The Morgan fingerprint density at radius 2 is 1.83 bits per heavy atom. The summed E-state index contributed by atoms with van der Waals surface area (Å²) in [6.07, 6.45) is -0.376. The number of ether oxygens (including phenoxy) is 1. The Bertz CT molecular complexity index is 986. The minimum atomic E-state index is -3.84. The Kier molecular flexibility index (Phi) is 5.72. The Hall–Kier alpha value is -2.03. The van der Waals surface area contributed by atoms with Gasteiger partial charge in [-0.2, -0.15) is 0 Å². The van der Waals surface area contributed by atoms with E-state index in [0.717, 1.165) is 0 Å². The molecule has 0 saturated heterocycles. The van der Waals surface area contributed by atoms with Crippen LogP contribution in [0.2, 0.25) is 18.1 Å². The van der Waals surface area contributed by atoms with E-state index in [4.69, 9.17) is 14.9 Å². The first-order valence-corrected chi connectivity index (χ1v) is 14.0. The van der Waals surface area contributed by atoms with Crippen molar-refractivity contribution in [3.63, 3.8) is 0 Å². The topological polar surface area (TPSA) is 81.9 Å². The first-order valence-electron chi connectivity index (χ1n) is 9.70.